The molecule has 0 radical (unpaired) electrons. The van der Waals surface area contributed by atoms with Gasteiger partial charge in [-0.05, 0) is 19.4 Å². The number of halogens is 1. The molecule has 5 nitrogen and oxygen atoms in total. The van der Waals surface area contributed by atoms with Crippen molar-refractivity contribution in [2.75, 3.05) is 33.7 Å². The predicted octanol–water partition coefficient (Wildman–Crippen LogP) is 0.288. The molecule has 1 rings (SSSR count). The van der Waals surface area contributed by atoms with E-state index in [9.17, 15) is 8.42 Å². The molecule has 0 saturated carbocycles. The lowest BCUT2D eigenvalue weighted by Gasteiger charge is -2.29. The van der Waals surface area contributed by atoms with Crippen molar-refractivity contribution in [1.29, 1.82) is 0 Å². The summed E-state index contributed by atoms with van der Waals surface area (Å²) in [6.07, 6.45) is 1.76. The standard InChI is InChI=1S/C9H21N3O2S.ClH/c1-4-7-12(9-5-6-10-8-9)15(13,14)11(2)3;/h9-10H,4-8H2,1-3H3;1H. The molecule has 0 aromatic rings. The van der Waals surface area contributed by atoms with E-state index in [2.05, 4.69) is 5.32 Å². The van der Waals surface area contributed by atoms with Gasteiger partial charge >= 0.3 is 0 Å². The van der Waals surface area contributed by atoms with Crippen molar-refractivity contribution in [1.82, 2.24) is 13.9 Å². The summed E-state index contributed by atoms with van der Waals surface area (Å²) in [4.78, 5) is 0. The molecule has 1 saturated heterocycles. The monoisotopic (exact) mass is 271 g/mol. The summed E-state index contributed by atoms with van der Waals surface area (Å²) in [5.41, 5.74) is 0. The maximum absolute atomic E-state index is 12.0. The minimum Gasteiger partial charge on any atom is -0.315 e. The normalized spacial score (nSPS) is 21.4. The van der Waals surface area contributed by atoms with Crippen molar-refractivity contribution < 1.29 is 8.42 Å². The molecule has 1 N–H and O–H groups in total. The van der Waals surface area contributed by atoms with Crippen LogP contribution in [0.4, 0.5) is 0 Å². The van der Waals surface area contributed by atoms with Crippen molar-refractivity contribution in [3.8, 4) is 0 Å². The lowest BCUT2D eigenvalue weighted by Crippen LogP contribution is -2.47. The van der Waals surface area contributed by atoms with Crippen molar-refractivity contribution >= 4 is 22.6 Å². The highest BCUT2D eigenvalue weighted by molar-refractivity contribution is 7.86. The highest BCUT2D eigenvalue weighted by Gasteiger charge is 2.32. The Morgan fingerprint density at radius 3 is 2.38 bits per heavy atom. The van der Waals surface area contributed by atoms with Crippen LogP contribution in [0.2, 0.25) is 0 Å². The van der Waals surface area contributed by atoms with Gasteiger partial charge in [0.15, 0.2) is 0 Å². The van der Waals surface area contributed by atoms with Gasteiger partial charge in [0.1, 0.15) is 0 Å². The fourth-order valence-electron chi connectivity index (χ4n) is 1.80. The topological polar surface area (TPSA) is 52.7 Å². The molecule has 1 aliphatic heterocycles. The van der Waals surface area contributed by atoms with E-state index in [1.165, 1.54) is 4.31 Å². The summed E-state index contributed by atoms with van der Waals surface area (Å²) in [5, 5.41) is 3.20. The van der Waals surface area contributed by atoms with E-state index >= 15 is 0 Å². The highest BCUT2D eigenvalue weighted by atomic mass is 35.5. The highest BCUT2D eigenvalue weighted by Crippen LogP contribution is 2.15. The zero-order chi connectivity index (χ0) is 11.5. The van der Waals surface area contributed by atoms with Gasteiger partial charge in [-0.15, -0.1) is 12.4 Å². The Morgan fingerprint density at radius 1 is 1.38 bits per heavy atom. The van der Waals surface area contributed by atoms with Gasteiger partial charge < -0.3 is 5.32 Å². The van der Waals surface area contributed by atoms with Gasteiger partial charge in [-0.1, -0.05) is 6.92 Å². The van der Waals surface area contributed by atoms with Gasteiger partial charge in [-0.2, -0.15) is 17.0 Å². The van der Waals surface area contributed by atoms with Crippen molar-refractivity contribution in [3.05, 3.63) is 0 Å². The third-order valence-corrected chi connectivity index (χ3v) is 4.64. The van der Waals surface area contributed by atoms with Gasteiger partial charge in [0.25, 0.3) is 10.2 Å². The fraction of sp³-hybridized carbons (Fsp3) is 1.00. The zero-order valence-corrected chi connectivity index (χ0v) is 11.8. The Bertz CT molecular complexity index is 289. The maximum Gasteiger partial charge on any atom is 0.281 e. The summed E-state index contributed by atoms with van der Waals surface area (Å²) in [6.45, 7) is 4.29. The van der Waals surface area contributed by atoms with Crippen LogP contribution in [0.1, 0.15) is 19.8 Å². The van der Waals surface area contributed by atoms with Crippen molar-refractivity contribution in [2.24, 2.45) is 0 Å². The van der Waals surface area contributed by atoms with Crippen LogP contribution in [0, 0.1) is 0 Å². The molecule has 1 fully saturated rings. The van der Waals surface area contributed by atoms with E-state index in [1.807, 2.05) is 6.92 Å². The second-order valence-corrected chi connectivity index (χ2v) is 6.14. The number of nitrogens with zero attached hydrogens (tertiary/aromatic N) is 2. The van der Waals surface area contributed by atoms with Crippen LogP contribution in [-0.2, 0) is 10.2 Å². The number of nitrogens with one attached hydrogen (secondary N) is 1. The molecule has 16 heavy (non-hydrogen) atoms. The van der Waals surface area contributed by atoms with E-state index in [4.69, 9.17) is 0 Å². The van der Waals surface area contributed by atoms with E-state index in [0.29, 0.717) is 6.54 Å². The Labute approximate surface area is 105 Å². The lowest BCUT2D eigenvalue weighted by molar-refractivity contribution is 0.312. The predicted molar refractivity (Wildman–Crippen MR) is 68.1 cm³/mol. The van der Waals surface area contributed by atoms with Crippen LogP contribution in [0.5, 0.6) is 0 Å². The first kappa shape index (κ1) is 16.1. The number of rotatable bonds is 5. The molecule has 0 aromatic heterocycles. The van der Waals surface area contributed by atoms with E-state index < -0.39 is 10.2 Å². The van der Waals surface area contributed by atoms with Gasteiger partial charge in [0, 0.05) is 33.2 Å². The smallest absolute Gasteiger partial charge is 0.281 e. The van der Waals surface area contributed by atoms with Crippen LogP contribution in [0.25, 0.3) is 0 Å². The van der Waals surface area contributed by atoms with Crippen LogP contribution in [0.15, 0.2) is 0 Å². The van der Waals surface area contributed by atoms with Crippen LogP contribution < -0.4 is 5.32 Å². The Kier molecular flexibility index (Phi) is 6.81. The minimum absolute atomic E-state index is 0. The minimum atomic E-state index is -3.26. The summed E-state index contributed by atoms with van der Waals surface area (Å²) < 4.78 is 27.0. The Morgan fingerprint density at radius 2 is 2.00 bits per heavy atom. The zero-order valence-electron chi connectivity index (χ0n) is 10.1. The van der Waals surface area contributed by atoms with E-state index in [-0.39, 0.29) is 18.4 Å². The maximum atomic E-state index is 12.0. The lowest BCUT2D eigenvalue weighted by atomic mass is 10.2. The molecule has 0 amide bonds. The summed E-state index contributed by atoms with van der Waals surface area (Å²) in [7, 11) is -0.0905. The fourth-order valence-corrected chi connectivity index (χ4v) is 3.19. The second-order valence-electron chi connectivity index (χ2n) is 4.05. The summed E-state index contributed by atoms with van der Waals surface area (Å²) >= 11 is 0. The average Bonchev–Trinajstić information content (AvgIpc) is 2.66. The van der Waals surface area contributed by atoms with Crippen LogP contribution in [0.3, 0.4) is 0 Å². The van der Waals surface area contributed by atoms with Gasteiger partial charge in [0.05, 0.1) is 0 Å². The number of hydrogen-bond donors (Lipinski definition) is 1. The average molecular weight is 272 g/mol. The third-order valence-electron chi connectivity index (χ3n) is 2.64. The number of hydrogen-bond acceptors (Lipinski definition) is 3. The Hall–Kier alpha value is 0.120. The van der Waals surface area contributed by atoms with Gasteiger partial charge in [-0.3, -0.25) is 0 Å². The second kappa shape index (κ2) is 6.76. The van der Waals surface area contributed by atoms with Gasteiger partial charge in [-0.25, -0.2) is 0 Å². The molecule has 1 aliphatic rings. The molecule has 0 spiro atoms. The molecule has 1 unspecified atom stereocenters. The largest absolute Gasteiger partial charge is 0.315 e. The van der Waals surface area contributed by atoms with Gasteiger partial charge in [0.2, 0.25) is 0 Å². The molecule has 98 valence electrons. The molecule has 0 aromatic carbocycles. The molecular formula is C9H22ClN3O2S. The first-order valence-corrected chi connectivity index (χ1v) is 6.80. The van der Waals surface area contributed by atoms with Crippen molar-refractivity contribution in [3.63, 3.8) is 0 Å². The van der Waals surface area contributed by atoms with E-state index in [1.54, 1.807) is 18.4 Å². The third kappa shape index (κ3) is 3.56. The molecule has 0 aliphatic carbocycles. The Balaban J connectivity index is 0.00000225. The molecule has 0 bridgehead atoms. The van der Waals surface area contributed by atoms with Crippen LogP contribution >= 0.6 is 12.4 Å². The SMILES string of the molecule is CCCN(C1CCNC1)S(=O)(=O)N(C)C.Cl. The molecule has 1 heterocycles. The first-order valence-electron chi connectivity index (χ1n) is 5.40. The van der Waals surface area contributed by atoms with Crippen LogP contribution in [-0.4, -0.2) is 56.8 Å². The van der Waals surface area contributed by atoms with E-state index in [0.717, 1.165) is 25.9 Å². The van der Waals surface area contributed by atoms with Crippen molar-refractivity contribution in [2.45, 2.75) is 25.8 Å². The molecule has 7 heteroatoms. The molecular weight excluding hydrogens is 250 g/mol. The quantitative estimate of drug-likeness (QED) is 0.782. The first-order chi connectivity index (χ1) is 7.00. The summed E-state index contributed by atoms with van der Waals surface area (Å²) in [5.74, 6) is 0. The summed E-state index contributed by atoms with van der Waals surface area (Å²) in [6, 6.07) is 0.123. The molecule has 1 atom stereocenters.